The van der Waals surface area contributed by atoms with Gasteiger partial charge in [-0.15, -0.1) is 0 Å². The summed E-state index contributed by atoms with van der Waals surface area (Å²) in [4.78, 5) is 19.3. The molecule has 3 rings (SSSR count). The number of rotatable bonds is 1. The van der Waals surface area contributed by atoms with Crippen molar-refractivity contribution in [2.75, 3.05) is 12.3 Å². The van der Waals surface area contributed by atoms with Crippen molar-refractivity contribution >= 4 is 17.4 Å². The van der Waals surface area contributed by atoms with Gasteiger partial charge in [0.2, 0.25) is 0 Å². The van der Waals surface area contributed by atoms with Gasteiger partial charge in [-0.05, 0) is 60.1 Å². The number of nitrogens with one attached hydrogen (secondary N) is 1. The number of ether oxygens (including phenoxy) is 1. The first-order chi connectivity index (χ1) is 12.5. The third-order valence-corrected chi connectivity index (χ3v) is 5.03. The van der Waals surface area contributed by atoms with Gasteiger partial charge in [0, 0.05) is 18.8 Å². The molecule has 1 fully saturated rings. The van der Waals surface area contributed by atoms with Crippen LogP contribution in [0.2, 0.25) is 0 Å². The highest BCUT2D eigenvalue weighted by Gasteiger charge is 2.39. The standard InChI is InChI=1S/C20H31N5O2/c1-11-8-15(21)17(24-10-12(2)23-18(11)24)16-14(4)25(13(3)9-22-16)19(26)27-20(5,6)7/h8,10,13-14,16,22H,9,21H2,1-7H3/t13-,14-,16?/m0/s1. The highest BCUT2D eigenvalue weighted by atomic mass is 16.6. The summed E-state index contributed by atoms with van der Waals surface area (Å²) in [5.41, 5.74) is 10.4. The summed E-state index contributed by atoms with van der Waals surface area (Å²) in [6.07, 6.45) is 1.70. The molecule has 0 aromatic carbocycles. The van der Waals surface area contributed by atoms with Crippen LogP contribution in [0.3, 0.4) is 0 Å². The van der Waals surface area contributed by atoms with E-state index in [1.54, 1.807) is 0 Å². The normalized spacial score (nSPS) is 23.7. The van der Waals surface area contributed by atoms with E-state index in [-0.39, 0.29) is 24.2 Å². The second-order valence-electron chi connectivity index (χ2n) is 8.61. The van der Waals surface area contributed by atoms with Crippen LogP contribution in [0.15, 0.2) is 12.3 Å². The monoisotopic (exact) mass is 373 g/mol. The molecule has 0 saturated carbocycles. The summed E-state index contributed by atoms with van der Waals surface area (Å²) >= 11 is 0. The Morgan fingerprint density at radius 1 is 1.33 bits per heavy atom. The van der Waals surface area contributed by atoms with Gasteiger partial charge in [-0.25, -0.2) is 9.78 Å². The number of anilines is 1. The maximum Gasteiger partial charge on any atom is 0.410 e. The Bertz CT molecular complexity index is 867. The number of hydrogen-bond donors (Lipinski definition) is 2. The van der Waals surface area contributed by atoms with E-state index in [9.17, 15) is 4.79 Å². The van der Waals surface area contributed by atoms with E-state index in [1.807, 2.05) is 65.6 Å². The number of nitrogens with two attached hydrogens (primary N) is 1. The number of aromatic nitrogens is 2. The first-order valence-corrected chi connectivity index (χ1v) is 9.49. The first-order valence-electron chi connectivity index (χ1n) is 9.49. The molecular weight excluding hydrogens is 342 g/mol. The zero-order valence-corrected chi connectivity index (χ0v) is 17.3. The second kappa shape index (κ2) is 6.71. The molecule has 148 valence electrons. The van der Waals surface area contributed by atoms with Gasteiger partial charge in [-0.2, -0.15) is 0 Å². The molecule has 1 unspecified atom stereocenters. The zero-order valence-electron chi connectivity index (χ0n) is 17.3. The average molecular weight is 374 g/mol. The van der Waals surface area contributed by atoms with Gasteiger partial charge in [-0.3, -0.25) is 9.30 Å². The summed E-state index contributed by atoms with van der Waals surface area (Å²) in [6.45, 7) is 14.4. The summed E-state index contributed by atoms with van der Waals surface area (Å²) in [6, 6.07) is 1.74. The summed E-state index contributed by atoms with van der Waals surface area (Å²) < 4.78 is 7.70. The number of nitrogens with zero attached hydrogens (tertiary/aromatic N) is 3. The first kappa shape index (κ1) is 19.5. The number of hydrogen-bond acceptors (Lipinski definition) is 5. The van der Waals surface area contributed by atoms with Gasteiger partial charge in [0.25, 0.3) is 0 Å². The van der Waals surface area contributed by atoms with Crippen LogP contribution in [0.4, 0.5) is 10.5 Å². The minimum atomic E-state index is -0.533. The van der Waals surface area contributed by atoms with Crippen molar-refractivity contribution in [2.24, 2.45) is 0 Å². The average Bonchev–Trinajstić information content (AvgIpc) is 2.89. The lowest BCUT2D eigenvalue weighted by atomic mass is 9.97. The Kier molecular flexibility index (Phi) is 4.84. The number of nitrogen functional groups attached to an aromatic ring is 1. The van der Waals surface area contributed by atoms with E-state index in [2.05, 4.69) is 14.7 Å². The second-order valence-corrected chi connectivity index (χ2v) is 8.61. The van der Waals surface area contributed by atoms with Crippen LogP contribution in [0, 0.1) is 13.8 Å². The quantitative estimate of drug-likeness (QED) is 0.802. The SMILES string of the molecule is Cc1cn2c(C3NC[C@H](C)N(C(=O)OC(C)(C)C)[C@H]3C)c(N)cc(C)c2n1. The molecule has 0 aliphatic carbocycles. The summed E-state index contributed by atoms with van der Waals surface area (Å²) in [7, 11) is 0. The Hall–Kier alpha value is -2.28. The van der Waals surface area contributed by atoms with E-state index in [0.29, 0.717) is 12.2 Å². The van der Waals surface area contributed by atoms with E-state index >= 15 is 0 Å². The number of fused-ring (bicyclic) bond motifs is 1. The van der Waals surface area contributed by atoms with Crippen LogP contribution in [-0.4, -0.2) is 44.6 Å². The largest absolute Gasteiger partial charge is 0.444 e. The Balaban J connectivity index is 2.03. The van der Waals surface area contributed by atoms with Crippen LogP contribution in [0.1, 0.15) is 57.6 Å². The number of pyridine rings is 1. The third kappa shape index (κ3) is 3.60. The number of carbonyl (C=O) groups excluding carboxylic acids is 1. The fourth-order valence-corrected chi connectivity index (χ4v) is 3.91. The van der Waals surface area contributed by atoms with Crippen molar-refractivity contribution in [1.82, 2.24) is 19.6 Å². The fourth-order valence-electron chi connectivity index (χ4n) is 3.91. The molecule has 0 radical (unpaired) electrons. The van der Waals surface area contributed by atoms with Crippen molar-refractivity contribution in [2.45, 2.75) is 72.2 Å². The molecule has 2 aromatic rings. The van der Waals surface area contributed by atoms with E-state index in [0.717, 1.165) is 22.6 Å². The van der Waals surface area contributed by atoms with Crippen LogP contribution < -0.4 is 11.1 Å². The van der Waals surface area contributed by atoms with Gasteiger partial charge in [-0.1, -0.05) is 0 Å². The third-order valence-electron chi connectivity index (χ3n) is 5.03. The predicted octanol–water partition coefficient (Wildman–Crippen LogP) is 3.19. The smallest absolute Gasteiger partial charge is 0.410 e. The lowest BCUT2D eigenvalue weighted by molar-refractivity contribution is -0.00507. The van der Waals surface area contributed by atoms with Gasteiger partial charge >= 0.3 is 6.09 Å². The van der Waals surface area contributed by atoms with Crippen LogP contribution in [0.25, 0.3) is 5.65 Å². The molecular formula is C20H31N5O2. The highest BCUT2D eigenvalue weighted by Crippen LogP contribution is 2.33. The molecule has 3 N–H and O–H groups in total. The van der Waals surface area contributed by atoms with Gasteiger partial charge in [0.1, 0.15) is 11.2 Å². The predicted molar refractivity (Wildman–Crippen MR) is 107 cm³/mol. The minimum absolute atomic E-state index is 0.0257. The van der Waals surface area contributed by atoms with Gasteiger partial charge < -0.3 is 15.8 Å². The van der Waals surface area contributed by atoms with Crippen molar-refractivity contribution in [3.63, 3.8) is 0 Å². The lowest BCUT2D eigenvalue weighted by Gasteiger charge is -2.44. The van der Waals surface area contributed by atoms with Crippen LogP contribution in [-0.2, 0) is 4.74 Å². The molecule has 1 aliphatic heterocycles. The molecule has 0 spiro atoms. The van der Waals surface area contributed by atoms with E-state index in [1.165, 1.54) is 0 Å². The van der Waals surface area contributed by atoms with Crippen molar-refractivity contribution < 1.29 is 9.53 Å². The molecule has 0 bridgehead atoms. The molecule has 2 aromatic heterocycles. The number of piperazine rings is 1. The minimum Gasteiger partial charge on any atom is -0.444 e. The molecule has 1 saturated heterocycles. The van der Waals surface area contributed by atoms with Crippen molar-refractivity contribution in [1.29, 1.82) is 0 Å². The molecule has 3 heterocycles. The Morgan fingerprint density at radius 3 is 2.63 bits per heavy atom. The number of carbonyl (C=O) groups is 1. The van der Waals surface area contributed by atoms with Crippen molar-refractivity contribution in [3.8, 4) is 0 Å². The van der Waals surface area contributed by atoms with Crippen LogP contribution in [0.5, 0.6) is 0 Å². The maximum absolute atomic E-state index is 12.8. The molecule has 7 heteroatoms. The summed E-state index contributed by atoms with van der Waals surface area (Å²) in [5.74, 6) is 0. The van der Waals surface area contributed by atoms with Gasteiger partial charge in [0.05, 0.1) is 29.2 Å². The Morgan fingerprint density at radius 2 is 2.00 bits per heavy atom. The van der Waals surface area contributed by atoms with Gasteiger partial charge in [0.15, 0.2) is 0 Å². The summed E-state index contributed by atoms with van der Waals surface area (Å²) in [5, 5.41) is 3.57. The lowest BCUT2D eigenvalue weighted by Crippen LogP contribution is -2.59. The molecule has 7 nitrogen and oxygen atoms in total. The maximum atomic E-state index is 12.8. The number of imidazole rings is 1. The number of aryl methyl sites for hydroxylation is 2. The highest BCUT2D eigenvalue weighted by molar-refractivity contribution is 5.70. The number of amides is 1. The molecule has 27 heavy (non-hydrogen) atoms. The fraction of sp³-hybridized carbons (Fsp3) is 0.600. The topological polar surface area (TPSA) is 84.9 Å². The Labute approximate surface area is 160 Å². The van der Waals surface area contributed by atoms with E-state index in [4.69, 9.17) is 10.5 Å². The molecule has 1 aliphatic rings. The zero-order chi connectivity index (χ0) is 20.1. The van der Waals surface area contributed by atoms with Crippen molar-refractivity contribution in [3.05, 3.63) is 29.2 Å². The van der Waals surface area contributed by atoms with E-state index < -0.39 is 5.60 Å². The van der Waals surface area contributed by atoms with Crippen LogP contribution >= 0.6 is 0 Å². The molecule has 3 atom stereocenters. The molecule has 1 amide bonds.